The number of hydrogen-bond acceptors (Lipinski definition) is 3. The number of benzene rings is 1. The van der Waals surface area contributed by atoms with Gasteiger partial charge in [-0.3, -0.25) is 9.69 Å². The van der Waals surface area contributed by atoms with Crippen LogP contribution in [0, 0.1) is 6.92 Å². The molecule has 1 rings (SSSR count). The SMILES string of the molecule is CCCCN(C)C(C)C(=O)NCCOc1cccc(C)c1. The van der Waals surface area contributed by atoms with Gasteiger partial charge in [0.2, 0.25) is 5.91 Å². The van der Waals surface area contributed by atoms with Crippen molar-refractivity contribution < 1.29 is 9.53 Å². The van der Waals surface area contributed by atoms with Gasteiger partial charge in [0.05, 0.1) is 12.6 Å². The van der Waals surface area contributed by atoms with Crippen LogP contribution in [0.25, 0.3) is 0 Å². The molecule has 0 aliphatic rings. The first-order chi connectivity index (χ1) is 10.0. The van der Waals surface area contributed by atoms with Crippen molar-refractivity contribution >= 4 is 5.91 Å². The van der Waals surface area contributed by atoms with E-state index in [0.29, 0.717) is 13.2 Å². The Hall–Kier alpha value is -1.55. The number of likely N-dealkylation sites (N-methyl/N-ethyl adjacent to an activating group) is 1. The van der Waals surface area contributed by atoms with E-state index in [9.17, 15) is 4.79 Å². The lowest BCUT2D eigenvalue weighted by molar-refractivity contribution is -0.125. The first kappa shape index (κ1) is 17.5. The number of hydrogen-bond donors (Lipinski definition) is 1. The molecular formula is C17H28N2O2. The Morgan fingerprint density at radius 2 is 2.19 bits per heavy atom. The lowest BCUT2D eigenvalue weighted by Gasteiger charge is -2.23. The highest BCUT2D eigenvalue weighted by molar-refractivity contribution is 5.81. The second-order valence-corrected chi connectivity index (χ2v) is 5.47. The van der Waals surface area contributed by atoms with Gasteiger partial charge in [0.15, 0.2) is 0 Å². The molecule has 1 atom stereocenters. The summed E-state index contributed by atoms with van der Waals surface area (Å²) in [5, 5.41) is 2.92. The summed E-state index contributed by atoms with van der Waals surface area (Å²) in [6.45, 7) is 8.08. The molecule has 21 heavy (non-hydrogen) atoms. The van der Waals surface area contributed by atoms with Crippen LogP contribution in [0.2, 0.25) is 0 Å². The van der Waals surface area contributed by atoms with Crippen LogP contribution in [0.1, 0.15) is 32.3 Å². The van der Waals surface area contributed by atoms with Gasteiger partial charge in [-0.15, -0.1) is 0 Å². The van der Waals surface area contributed by atoms with E-state index in [-0.39, 0.29) is 11.9 Å². The third-order valence-electron chi connectivity index (χ3n) is 3.56. The fourth-order valence-corrected chi connectivity index (χ4v) is 2.00. The maximum Gasteiger partial charge on any atom is 0.237 e. The van der Waals surface area contributed by atoms with Crippen LogP contribution < -0.4 is 10.1 Å². The molecule has 0 aromatic heterocycles. The molecular weight excluding hydrogens is 264 g/mol. The minimum Gasteiger partial charge on any atom is -0.492 e. The monoisotopic (exact) mass is 292 g/mol. The average Bonchev–Trinajstić information content (AvgIpc) is 2.48. The zero-order valence-electron chi connectivity index (χ0n) is 13.7. The minimum atomic E-state index is -0.101. The number of nitrogens with one attached hydrogen (secondary N) is 1. The molecule has 1 aromatic carbocycles. The van der Waals surface area contributed by atoms with Crippen LogP contribution in [-0.2, 0) is 4.79 Å². The molecule has 0 radical (unpaired) electrons. The van der Waals surface area contributed by atoms with E-state index in [0.717, 1.165) is 25.1 Å². The molecule has 0 aliphatic heterocycles. The van der Waals surface area contributed by atoms with Gasteiger partial charge in [-0.25, -0.2) is 0 Å². The van der Waals surface area contributed by atoms with Crippen LogP contribution >= 0.6 is 0 Å². The second-order valence-electron chi connectivity index (χ2n) is 5.47. The van der Waals surface area contributed by atoms with E-state index >= 15 is 0 Å². The number of ether oxygens (including phenoxy) is 1. The molecule has 4 heteroatoms. The van der Waals surface area contributed by atoms with E-state index in [1.165, 1.54) is 5.56 Å². The summed E-state index contributed by atoms with van der Waals surface area (Å²) >= 11 is 0. The average molecular weight is 292 g/mol. The van der Waals surface area contributed by atoms with Crippen LogP contribution in [0.15, 0.2) is 24.3 Å². The third-order valence-corrected chi connectivity index (χ3v) is 3.56. The van der Waals surface area contributed by atoms with Gasteiger partial charge in [-0.05, 0) is 51.6 Å². The highest BCUT2D eigenvalue weighted by atomic mass is 16.5. The van der Waals surface area contributed by atoms with Crippen molar-refractivity contribution in [3.63, 3.8) is 0 Å². The number of carbonyl (C=O) groups is 1. The number of aryl methyl sites for hydroxylation is 1. The predicted octanol–water partition coefficient (Wildman–Crippen LogP) is 2.61. The van der Waals surface area contributed by atoms with Crippen molar-refractivity contribution in [1.82, 2.24) is 10.2 Å². The van der Waals surface area contributed by atoms with Crippen molar-refractivity contribution in [3.05, 3.63) is 29.8 Å². The molecule has 0 spiro atoms. The highest BCUT2D eigenvalue weighted by Gasteiger charge is 2.16. The maximum absolute atomic E-state index is 12.0. The Morgan fingerprint density at radius 3 is 2.86 bits per heavy atom. The van der Waals surface area contributed by atoms with Crippen molar-refractivity contribution in [2.75, 3.05) is 26.7 Å². The molecule has 1 aromatic rings. The normalized spacial score (nSPS) is 12.2. The molecule has 1 amide bonds. The molecule has 118 valence electrons. The summed E-state index contributed by atoms with van der Waals surface area (Å²) in [4.78, 5) is 14.1. The van der Waals surface area contributed by atoms with Crippen molar-refractivity contribution in [3.8, 4) is 5.75 Å². The molecule has 1 N–H and O–H groups in total. The summed E-state index contributed by atoms with van der Waals surface area (Å²) in [6, 6.07) is 7.81. The molecule has 0 saturated carbocycles. The van der Waals surface area contributed by atoms with E-state index < -0.39 is 0 Å². The second kappa shape index (κ2) is 9.40. The molecule has 0 fully saturated rings. The summed E-state index contributed by atoms with van der Waals surface area (Å²) < 4.78 is 5.61. The summed E-state index contributed by atoms with van der Waals surface area (Å²) in [7, 11) is 1.99. The van der Waals surface area contributed by atoms with Gasteiger partial charge in [-0.2, -0.15) is 0 Å². The van der Waals surface area contributed by atoms with Gasteiger partial charge >= 0.3 is 0 Å². The van der Waals surface area contributed by atoms with Crippen LogP contribution in [0.4, 0.5) is 0 Å². The maximum atomic E-state index is 12.0. The summed E-state index contributed by atoms with van der Waals surface area (Å²) in [5.41, 5.74) is 1.17. The van der Waals surface area contributed by atoms with Crippen LogP contribution in [0.3, 0.4) is 0 Å². The Kier molecular flexibility index (Phi) is 7.83. The van der Waals surface area contributed by atoms with Crippen molar-refractivity contribution in [2.24, 2.45) is 0 Å². The molecule has 0 bridgehead atoms. The van der Waals surface area contributed by atoms with Gasteiger partial charge in [0.25, 0.3) is 0 Å². The van der Waals surface area contributed by atoms with E-state index in [1.807, 2.05) is 45.2 Å². The van der Waals surface area contributed by atoms with E-state index in [1.54, 1.807) is 0 Å². The zero-order chi connectivity index (χ0) is 15.7. The summed E-state index contributed by atoms with van der Waals surface area (Å²) in [6.07, 6.45) is 2.26. The largest absolute Gasteiger partial charge is 0.492 e. The lowest BCUT2D eigenvalue weighted by Crippen LogP contribution is -2.44. The Labute approximate surface area is 128 Å². The quantitative estimate of drug-likeness (QED) is 0.711. The fraction of sp³-hybridized carbons (Fsp3) is 0.588. The minimum absolute atomic E-state index is 0.0569. The van der Waals surface area contributed by atoms with E-state index in [4.69, 9.17) is 4.74 Å². The lowest BCUT2D eigenvalue weighted by atomic mass is 10.2. The molecule has 0 saturated heterocycles. The summed E-state index contributed by atoms with van der Waals surface area (Å²) in [5.74, 6) is 0.902. The number of unbranched alkanes of at least 4 members (excludes halogenated alkanes) is 1. The Morgan fingerprint density at radius 1 is 1.43 bits per heavy atom. The number of carbonyl (C=O) groups excluding carboxylic acids is 1. The van der Waals surface area contributed by atoms with Crippen molar-refractivity contribution in [1.29, 1.82) is 0 Å². The molecule has 4 nitrogen and oxygen atoms in total. The smallest absolute Gasteiger partial charge is 0.237 e. The molecule has 0 aliphatic carbocycles. The van der Waals surface area contributed by atoms with Crippen LogP contribution in [0.5, 0.6) is 5.75 Å². The number of rotatable bonds is 9. The van der Waals surface area contributed by atoms with E-state index in [2.05, 4.69) is 17.1 Å². The Bertz CT molecular complexity index is 435. The Balaban J connectivity index is 2.23. The first-order valence-electron chi connectivity index (χ1n) is 7.72. The molecule has 1 unspecified atom stereocenters. The third kappa shape index (κ3) is 6.63. The number of amides is 1. The molecule has 0 heterocycles. The topological polar surface area (TPSA) is 41.6 Å². The number of nitrogens with zero attached hydrogens (tertiary/aromatic N) is 1. The standard InChI is InChI=1S/C17H28N2O2/c1-5-6-11-19(4)15(3)17(20)18-10-12-21-16-9-7-8-14(2)13-16/h7-9,13,15H,5-6,10-12H2,1-4H3,(H,18,20). The van der Waals surface area contributed by atoms with Gasteiger partial charge < -0.3 is 10.1 Å². The van der Waals surface area contributed by atoms with Gasteiger partial charge in [-0.1, -0.05) is 25.5 Å². The first-order valence-corrected chi connectivity index (χ1v) is 7.72. The van der Waals surface area contributed by atoms with Gasteiger partial charge in [0.1, 0.15) is 12.4 Å². The zero-order valence-corrected chi connectivity index (χ0v) is 13.7. The van der Waals surface area contributed by atoms with Crippen LogP contribution in [-0.4, -0.2) is 43.6 Å². The van der Waals surface area contributed by atoms with Gasteiger partial charge in [0, 0.05) is 0 Å². The van der Waals surface area contributed by atoms with Crippen molar-refractivity contribution in [2.45, 2.75) is 39.7 Å². The fourth-order valence-electron chi connectivity index (χ4n) is 2.00. The predicted molar refractivity (Wildman–Crippen MR) is 86.7 cm³/mol. The highest BCUT2D eigenvalue weighted by Crippen LogP contribution is 2.11.